The average Bonchev–Trinajstić information content (AvgIpc) is 3.46. The first kappa shape index (κ1) is 39.7. The van der Waals surface area contributed by atoms with E-state index in [1.165, 1.54) is 37.7 Å². The topological polar surface area (TPSA) is 139 Å². The number of nitrogens with zero attached hydrogens (tertiary/aromatic N) is 1. The Kier molecular flexibility index (Phi) is 9.76. The van der Waals surface area contributed by atoms with E-state index in [4.69, 9.17) is 10.5 Å². The summed E-state index contributed by atoms with van der Waals surface area (Å²) in [6.45, 7) is 25.6. The molecule has 13 atom stereocenters. The summed E-state index contributed by atoms with van der Waals surface area (Å²) in [5.74, 6) is 0.645. The van der Waals surface area contributed by atoms with Gasteiger partial charge in [-0.05, 0) is 122 Å². The number of esters is 1. The lowest BCUT2D eigenvalue weighted by Gasteiger charge is -2.73. The lowest BCUT2D eigenvalue weighted by Crippen LogP contribution is -2.69. The highest BCUT2D eigenvalue weighted by molar-refractivity contribution is 7.91. The summed E-state index contributed by atoms with van der Waals surface area (Å²) in [7, 11) is -2.95. The first-order chi connectivity index (χ1) is 24.6. The molecule has 7 aliphatic rings. The van der Waals surface area contributed by atoms with E-state index in [9.17, 15) is 23.1 Å². The van der Waals surface area contributed by atoms with Crippen LogP contribution in [0, 0.1) is 68.5 Å². The van der Waals surface area contributed by atoms with E-state index < -0.39 is 33.1 Å². The van der Waals surface area contributed by atoms with Crippen LogP contribution in [-0.2, 0) is 24.2 Å². The molecule has 1 saturated heterocycles. The van der Waals surface area contributed by atoms with Gasteiger partial charge in [-0.2, -0.15) is 0 Å². The molecular weight excluding hydrogens is 687 g/mol. The molecule has 0 bridgehead atoms. The molecule has 0 aromatic heterocycles. The second-order valence-electron chi connectivity index (χ2n) is 21.2. The highest BCUT2D eigenvalue weighted by Crippen LogP contribution is 2.76. The van der Waals surface area contributed by atoms with Crippen molar-refractivity contribution in [3.8, 4) is 0 Å². The van der Waals surface area contributed by atoms with Gasteiger partial charge in [-0.1, -0.05) is 60.6 Å². The smallest absolute Gasteiger partial charge is 0.310 e. The number of carbonyl (C=O) groups is 2. The number of nitrogens with two attached hydrogens (primary N) is 1. The molecule has 9 nitrogen and oxygen atoms in total. The minimum absolute atomic E-state index is 0.0487. The number of carbonyl (C=O) groups excluding carboxylic acids is 1. The fraction of sp³-hybridized carbons (Fsp3) is 0.907. The first-order valence-corrected chi connectivity index (χ1v) is 22.9. The van der Waals surface area contributed by atoms with Crippen molar-refractivity contribution in [1.82, 2.24) is 10.2 Å². The molecule has 1 heterocycles. The van der Waals surface area contributed by atoms with Gasteiger partial charge in [0, 0.05) is 43.2 Å². The zero-order chi connectivity index (χ0) is 38.7. The predicted molar refractivity (Wildman–Crippen MR) is 209 cm³/mol. The molecule has 0 spiro atoms. The van der Waals surface area contributed by atoms with Crippen molar-refractivity contribution in [3.05, 3.63) is 12.2 Å². The van der Waals surface area contributed by atoms with Crippen LogP contribution in [0.25, 0.3) is 0 Å². The lowest BCUT2D eigenvalue weighted by molar-refractivity contribution is -0.246. The van der Waals surface area contributed by atoms with E-state index >= 15 is 0 Å². The fourth-order valence-electron chi connectivity index (χ4n) is 15.2. The third-order valence-electron chi connectivity index (χ3n) is 18.5. The number of fused-ring (bicyclic) bond motifs is 7. The van der Waals surface area contributed by atoms with Crippen molar-refractivity contribution in [2.45, 2.75) is 137 Å². The molecule has 6 saturated carbocycles. The second-order valence-corrected chi connectivity index (χ2v) is 23.5. The molecule has 4 N–H and O–H groups in total. The molecule has 53 heavy (non-hydrogen) atoms. The van der Waals surface area contributed by atoms with Gasteiger partial charge >= 0.3 is 11.9 Å². The van der Waals surface area contributed by atoms with E-state index in [1.807, 2.05) is 13.8 Å². The SMILES string of the molecule is C=C(C)[C@@H]1CC[C@]2(NC[C@@H](CN)N3CCS(=O)(=O)CC3)CC[C@]3(C)[C@H](CC[C@@H]4[C@@]5(C)CC[C@H](OC(=O)[C@H]6[C@@H](C(=O)O)C6(C)C)C(C)(C)[C@@H]5CC[C@]43C)[C@@H]12. The highest BCUT2D eigenvalue weighted by atomic mass is 32.2. The van der Waals surface area contributed by atoms with Gasteiger partial charge in [0.25, 0.3) is 0 Å². The van der Waals surface area contributed by atoms with Crippen LogP contribution in [0.1, 0.15) is 120 Å². The summed E-state index contributed by atoms with van der Waals surface area (Å²) in [4.78, 5) is 27.7. The van der Waals surface area contributed by atoms with Crippen molar-refractivity contribution >= 4 is 21.8 Å². The maximum absolute atomic E-state index is 13.5. The normalized spacial score (nSPS) is 47.2. The largest absolute Gasteiger partial charge is 0.481 e. The Labute approximate surface area is 320 Å². The number of sulfone groups is 1. The lowest BCUT2D eigenvalue weighted by atomic mass is 9.32. The summed E-state index contributed by atoms with van der Waals surface area (Å²) in [6, 6.07) is 0.133. The van der Waals surface area contributed by atoms with Crippen LogP contribution in [0.5, 0.6) is 0 Å². The van der Waals surface area contributed by atoms with Gasteiger partial charge in [-0.15, -0.1) is 0 Å². The number of rotatable bonds is 9. The molecule has 1 aliphatic heterocycles. The van der Waals surface area contributed by atoms with Gasteiger partial charge in [-0.3, -0.25) is 14.5 Å². The second kappa shape index (κ2) is 13.0. The molecule has 0 aromatic carbocycles. The Hall–Kier alpha value is -1.49. The molecule has 300 valence electrons. The van der Waals surface area contributed by atoms with Crippen molar-refractivity contribution in [2.75, 3.05) is 37.7 Å². The van der Waals surface area contributed by atoms with Gasteiger partial charge < -0.3 is 20.9 Å². The van der Waals surface area contributed by atoms with E-state index in [0.717, 1.165) is 38.6 Å². The standard InChI is InChI=1S/C43H71N3O6S/c1-26(2)28-12-17-43(45-25-27(24-44)46-20-22-53(50,51)23-21-46)19-18-41(8)29(33(28)43)10-11-31-40(7)15-14-32(38(3,4)30(40)13-16-42(31,41)9)52-37(49)35-34(36(47)48)39(35,5)6/h27-35,45H,1,10-25,44H2,2-9H3,(H,47,48)/t27-,28+,29-,30+,31-,32+,33-,34+,35-,40+,41-,42-,43+/m1/s1. The zero-order valence-corrected chi connectivity index (χ0v) is 35.0. The average molecular weight is 758 g/mol. The van der Waals surface area contributed by atoms with Gasteiger partial charge in [0.05, 0.1) is 23.3 Å². The summed E-state index contributed by atoms with van der Waals surface area (Å²) in [6.07, 6.45) is 11.1. The summed E-state index contributed by atoms with van der Waals surface area (Å²) < 4.78 is 30.7. The van der Waals surface area contributed by atoms with E-state index in [0.29, 0.717) is 49.2 Å². The van der Waals surface area contributed by atoms with Crippen LogP contribution in [0.3, 0.4) is 0 Å². The Morgan fingerprint density at radius 3 is 2.15 bits per heavy atom. The maximum atomic E-state index is 13.5. The number of hydrogen-bond donors (Lipinski definition) is 3. The van der Waals surface area contributed by atoms with Crippen LogP contribution in [-0.4, -0.2) is 85.7 Å². The van der Waals surface area contributed by atoms with Crippen molar-refractivity contribution < 1.29 is 27.9 Å². The van der Waals surface area contributed by atoms with Crippen LogP contribution in [0.15, 0.2) is 12.2 Å². The number of hydrogen-bond acceptors (Lipinski definition) is 8. The number of ether oxygens (including phenoxy) is 1. The van der Waals surface area contributed by atoms with Crippen LogP contribution >= 0.6 is 0 Å². The van der Waals surface area contributed by atoms with E-state index in [2.05, 4.69) is 58.3 Å². The molecule has 0 unspecified atom stereocenters. The Morgan fingerprint density at radius 2 is 1.55 bits per heavy atom. The Morgan fingerprint density at radius 1 is 0.868 bits per heavy atom. The molecule has 10 heteroatoms. The summed E-state index contributed by atoms with van der Waals surface area (Å²) in [5, 5.41) is 13.9. The van der Waals surface area contributed by atoms with Gasteiger partial charge in [0.2, 0.25) is 0 Å². The quantitative estimate of drug-likeness (QED) is 0.182. The number of carboxylic acids is 1. The highest BCUT2D eigenvalue weighted by Gasteiger charge is 2.72. The van der Waals surface area contributed by atoms with Gasteiger partial charge in [0.15, 0.2) is 9.84 Å². The molecule has 6 aliphatic carbocycles. The molecule has 0 amide bonds. The van der Waals surface area contributed by atoms with Crippen molar-refractivity contribution in [2.24, 2.45) is 74.2 Å². The molecule has 7 rings (SSSR count). The third-order valence-corrected chi connectivity index (χ3v) is 20.1. The minimum Gasteiger partial charge on any atom is -0.481 e. The maximum Gasteiger partial charge on any atom is 0.310 e. The number of carboxylic acid groups (broad SMARTS) is 1. The Bertz CT molecular complexity index is 1600. The predicted octanol–water partition coefficient (Wildman–Crippen LogP) is 6.31. The van der Waals surface area contributed by atoms with Crippen LogP contribution < -0.4 is 11.1 Å². The molecule has 0 aromatic rings. The summed E-state index contributed by atoms with van der Waals surface area (Å²) in [5.41, 5.74) is 7.53. The third kappa shape index (κ3) is 5.94. The van der Waals surface area contributed by atoms with E-state index in [-0.39, 0.29) is 56.8 Å². The fourth-order valence-corrected chi connectivity index (χ4v) is 16.4. The van der Waals surface area contributed by atoms with Gasteiger partial charge in [-0.25, -0.2) is 8.42 Å². The van der Waals surface area contributed by atoms with Crippen LogP contribution in [0.4, 0.5) is 0 Å². The monoisotopic (exact) mass is 758 g/mol. The first-order valence-electron chi connectivity index (χ1n) is 21.1. The molecular formula is C43H71N3O6S. The molecule has 7 fully saturated rings. The molecule has 0 radical (unpaired) electrons. The number of aliphatic carboxylic acids is 1. The van der Waals surface area contributed by atoms with Gasteiger partial charge in [0.1, 0.15) is 6.10 Å². The summed E-state index contributed by atoms with van der Waals surface area (Å²) >= 11 is 0. The number of nitrogens with one attached hydrogen (secondary N) is 1. The van der Waals surface area contributed by atoms with Crippen molar-refractivity contribution in [3.63, 3.8) is 0 Å². The zero-order valence-electron chi connectivity index (χ0n) is 34.1. The van der Waals surface area contributed by atoms with Crippen LogP contribution in [0.2, 0.25) is 0 Å². The minimum atomic E-state index is -2.95. The Balaban J connectivity index is 1.11. The van der Waals surface area contributed by atoms with Crippen molar-refractivity contribution in [1.29, 1.82) is 0 Å². The number of allylic oxidation sites excluding steroid dienone is 1. The van der Waals surface area contributed by atoms with E-state index in [1.54, 1.807) is 0 Å².